The summed E-state index contributed by atoms with van der Waals surface area (Å²) in [6.07, 6.45) is 2.39. The van der Waals surface area contributed by atoms with E-state index < -0.39 is 0 Å². The standard InChI is InChI=1S/C39H40F2N2O6/c40-30-5-1-24(2-6-30)32-9-11-42-18-28(32)20-44-34-16-38-36(46-22-48-38)14-26(34)13-27-15-37-39(49-23-47-37)17-35(27)45-21-29-19-43-12-10-33(29)25-3-7-31(41)8-4-25/h1-8,14-17,28-29,32-33,42-43H,9-13,18-23H2/t28-,29+,32+,33-. The van der Waals surface area contributed by atoms with E-state index in [1.807, 2.05) is 48.5 Å². The third-order valence-corrected chi connectivity index (χ3v) is 10.2. The minimum absolute atomic E-state index is 0.153. The van der Waals surface area contributed by atoms with Crippen LogP contribution in [0.5, 0.6) is 34.5 Å². The van der Waals surface area contributed by atoms with Crippen molar-refractivity contribution in [1.82, 2.24) is 10.6 Å². The molecule has 0 unspecified atom stereocenters. The Labute approximate surface area is 284 Å². The smallest absolute Gasteiger partial charge is 0.231 e. The van der Waals surface area contributed by atoms with Crippen LogP contribution in [0.15, 0.2) is 72.8 Å². The Morgan fingerprint density at radius 1 is 0.571 bits per heavy atom. The second-order valence-electron chi connectivity index (χ2n) is 13.2. The predicted molar refractivity (Wildman–Crippen MR) is 179 cm³/mol. The molecule has 256 valence electrons. The molecule has 2 saturated heterocycles. The van der Waals surface area contributed by atoms with Gasteiger partial charge in [0.05, 0.1) is 13.2 Å². The Morgan fingerprint density at radius 3 is 1.41 bits per heavy atom. The van der Waals surface area contributed by atoms with Crippen molar-refractivity contribution in [3.63, 3.8) is 0 Å². The third-order valence-electron chi connectivity index (χ3n) is 10.2. The molecule has 10 heteroatoms. The number of halogens is 2. The lowest BCUT2D eigenvalue weighted by atomic mass is 9.81. The molecule has 2 N–H and O–H groups in total. The second-order valence-corrected chi connectivity index (χ2v) is 13.2. The SMILES string of the molecule is Fc1ccc([C@H]2CCNC[C@H]2COc2cc3c(cc2Cc2cc4c(cc2OC[C@H]2CNCC[C@H]2c2ccc(F)cc2)OCO4)OCO3)cc1. The van der Waals surface area contributed by atoms with E-state index in [-0.39, 0.29) is 48.9 Å². The fourth-order valence-corrected chi connectivity index (χ4v) is 7.57. The van der Waals surface area contributed by atoms with E-state index in [4.69, 9.17) is 28.4 Å². The molecule has 4 aliphatic rings. The summed E-state index contributed by atoms with van der Waals surface area (Å²) >= 11 is 0. The zero-order valence-electron chi connectivity index (χ0n) is 27.2. The molecule has 4 aromatic carbocycles. The Balaban J connectivity index is 1.04. The van der Waals surface area contributed by atoms with E-state index in [0.717, 1.165) is 61.3 Å². The highest BCUT2D eigenvalue weighted by atomic mass is 19.1. The highest BCUT2D eigenvalue weighted by Gasteiger charge is 2.30. The fourth-order valence-electron chi connectivity index (χ4n) is 7.57. The number of hydrogen-bond acceptors (Lipinski definition) is 8. The van der Waals surface area contributed by atoms with Crippen molar-refractivity contribution in [2.24, 2.45) is 11.8 Å². The van der Waals surface area contributed by atoms with Gasteiger partial charge in [0, 0.05) is 54.6 Å². The zero-order valence-corrected chi connectivity index (χ0v) is 27.2. The van der Waals surface area contributed by atoms with Crippen LogP contribution in [-0.2, 0) is 6.42 Å². The molecule has 0 aromatic heterocycles. The molecule has 0 aliphatic carbocycles. The van der Waals surface area contributed by atoms with E-state index >= 15 is 0 Å². The number of rotatable bonds is 10. The van der Waals surface area contributed by atoms with Crippen LogP contribution in [0.4, 0.5) is 8.78 Å². The van der Waals surface area contributed by atoms with E-state index in [9.17, 15) is 8.78 Å². The molecule has 0 bridgehead atoms. The van der Waals surface area contributed by atoms with Crippen molar-refractivity contribution >= 4 is 0 Å². The average molecular weight is 671 g/mol. The lowest BCUT2D eigenvalue weighted by molar-refractivity contribution is 0.173. The van der Waals surface area contributed by atoms with Crippen LogP contribution < -0.4 is 39.1 Å². The summed E-state index contributed by atoms with van der Waals surface area (Å²) < 4.78 is 63.7. The molecule has 4 aliphatic heterocycles. The topological polar surface area (TPSA) is 79.4 Å². The first-order valence-electron chi connectivity index (χ1n) is 17.1. The summed E-state index contributed by atoms with van der Waals surface area (Å²) in [5, 5.41) is 7.01. The first-order chi connectivity index (χ1) is 24.1. The lowest BCUT2D eigenvalue weighted by Gasteiger charge is -2.33. The summed E-state index contributed by atoms with van der Waals surface area (Å²) in [5.41, 5.74) is 4.11. The van der Waals surface area contributed by atoms with Crippen molar-refractivity contribution < 1.29 is 37.2 Å². The number of fused-ring (bicyclic) bond motifs is 2. The van der Waals surface area contributed by atoms with Crippen LogP contribution in [0, 0.1) is 23.5 Å². The molecule has 8 rings (SSSR count). The highest BCUT2D eigenvalue weighted by Crippen LogP contribution is 2.44. The molecule has 4 heterocycles. The maximum absolute atomic E-state index is 13.7. The molecule has 0 spiro atoms. The maximum atomic E-state index is 13.7. The van der Waals surface area contributed by atoms with Crippen LogP contribution in [0.25, 0.3) is 0 Å². The van der Waals surface area contributed by atoms with Crippen molar-refractivity contribution in [3.05, 3.63) is 107 Å². The van der Waals surface area contributed by atoms with Crippen LogP contribution >= 0.6 is 0 Å². The number of piperidine rings is 2. The van der Waals surface area contributed by atoms with E-state index in [1.165, 1.54) is 24.3 Å². The molecule has 49 heavy (non-hydrogen) atoms. The molecule has 0 saturated carbocycles. The fraction of sp³-hybridized carbons (Fsp3) is 0.385. The highest BCUT2D eigenvalue weighted by molar-refractivity contribution is 5.57. The van der Waals surface area contributed by atoms with Crippen LogP contribution in [0.1, 0.15) is 46.9 Å². The van der Waals surface area contributed by atoms with Gasteiger partial charge in [0.1, 0.15) is 23.1 Å². The Morgan fingerprint density at radius 2 is 0.980 bits per heavy atom. The van der Waals surface area contributed by atoms with Gasteiger partial charge in [-0.25, -0.2) is 8.78 Å². The predicted octanol–water partition coefficient (Wildman–Crippen LogP) is 6.56. The van der Waals surface area contributed by atoms with Crippen molar-refractivity contribution in [1.29, 1.82) is 0 Å². The Hall–Kier alpha value is -4.54. The van der Waals surface area contributed by atoms with Gasteiger partial charge in [0.2, 0.25) is 13.6 Å². The first-order valence-corrected chi connectivity index (χ1v) is 17.1. The van der Waals surface area contributed by atoms with E-state index in [0.29, 0.717) is 54.1 Å². The number of nitrogens with one attached hydrogen (secondary N) is 2. The molecular formula is C39H40F2N2O6. The van der Waals surface area contributed by atoms with Crippen molar-refractivity contribution in [2.45, 2.75) is 31.1 Å². The van der Waals surface area contributed by atoms with Crippen molar-refractivity contribution in [3.8, 4) is 34.5 Å². The van der Waals surface area contributed by atoms with Crippen LogP contribution in [-0.4, -0.2) is 53.0 Å². The van der Waals surface area contributed by atoms with Crippen LogP contribution in [0.2, 0.25) is 0 Å². The van der Waals surface area contributed by atoms with Crippen molar-refractivity contribution in [2.75, 3.05) is 53.0 Å². The van der Waals surface area contributed by atoms with Gasteiger partial charge in [-0.2, -0.15) is 0 Å². The number of hydrogen-bond donors (Lipinski definition) is 2. The van der Waals surface area contributed by atoms with Gasteiger partial charge >= 0.3 is 0 Å². The quantitative estimate of drug-likeness (QED) is 0.197. The summed E-state index contributed by atoms with van der Waals surface area (Å²) in [6.45, 7) is 4.68. The Kier molecular flexibility index (Phi) is 9.15. The normalized spacial score (nSPS) is 22.6. The van der Waals surface area contributed by atoms with Gasteiger partial charge in [-0.3, -0.25) is 0 Å². The maximum Gasteiger partial charge on any atom is 0.231 e. The van der Waals surface area contributed by atoms with Gasteiger partial charge in [-0.1, -0.05) is 24.3 Å². The molecule has 2 fully saturated rings. The van der Waals surface area contributed by atoms with Crippen LogP contribution in [0.3, 0.4) is 0 Å². The molecule has 8 nitrogen and oxygen atoms in total. The lowest BCUT2D eigenvalue weighted by Crippen LogP contribution is -2.38. The van der Waals surface area contributed by atoms with Gasteiger partial charge in [0.25, 0.3) is 0 Å². The molecular weight excluding hydrogens is 630 g/mol. The zero-order chi connectivity index (χ0) is 33.2. The molecule has 0 radical (unpaired) electrons. The largest absolute Gasteiger partial charge is 0.493 e. The van der Waals surface area contributed by atoms with Gasteiger partial charge in [-0.05, 0) is 85.3 Å². The van der Waals surface area contributed by atoms with Gasteiger partial charge in [-0.15, -0.1) is 0 Å². The molecule has 0 amide bonds. The Bertz CT molecular complexity index is 1640. The van der Waals surface area contributed by atoms with E-state index in [2.05, 4.69) is 10.6 Å². The molecule has 4 atom stereocenters. The monoisotopic (exact) mass is 670 g/mol. The summed E-state index contributed by atoms with van der Waals surface area (Å²) in [5.74, 6) is 4.49. The first kappa shape index (κ1) is 31.7. The second kappa shape index (κ2) is 14.1. The third kappa shape index (κ3) is 6.98. The number of ether oxygens (including phenoxy) is 6. The summed E-state index contributed by atoms with van der Waals surface area (Å²) in [6, 6.07) is 21.5. The number of benzene rings is 4. The minimum Gasteiger partial charge on any atom is -0.493 e. The summed E-state index contributed by atoms with van der Waals surface area (Å²) in [7, 11) is 0. The average Bonchev–Trinajstić information content (AvgIpc) is 3.79. The van der Waals surface area contributed by atoms with E-state index in [1.54, 1.807) is 0 Å². The van der Waals surface area contributed by atoms with Gasteiger partial charge < -0.3 is 39.1 Å². The van der Waals surface area contributed by atoms with Gasteiger partial charge in [0.15, 0.2) is 23.0 Å². The minimum atomic E-state index is -0.231. The molecule has 4 aromatic rings. The summed E-state index contributed by atoms with van der Waals surface area (Å²) in [4.78, 5) is 0.